The molecule has 1 aromatic heterocycles. The third-order valence-corrected chi connectivity index (χ3v) is 3.08. The quantitative estimate of drug-likeness (QED) is 0.579. The predicted octanol–water partition coefficient (Wildman–Crippen LogP) is 1.60. The topological polar surface area (TPSA) is 62.5 Å². The number of aryl methyl sites for hydroxylation is 1. The normalized spacial score (nSPS) is 11.8. The van der Waals surface area contributed by atoms with E-state index in [0.29, 0.717) is 17.3 Å². The van der Waals surface area contributed by atoms with Crippen LogP contribution in [0.2, 0.25) is 0 Å². The molecule has 1 aromatic rings. The van der Waals surface area contributed by atoms with Crippen LogP contribution < -0.4 is 0 Å². The first-order valence-corrected chi connectivity index (χ1v) is 6.80. The van der Waals surface area contributed by atoms with E-state index in [-0.39, 0.29) is 5.88 Å². The number of nitrogens with zero attached hydrogens (tertiary/aromatic N) is 1. The number of aromatic nitrogens is 1. The van der Waals surface area contributed by atoms with Gasteiger partial charge in [-0.15, -0.1) is 0 Å². The van der Waals surface area contributed by atoms with Gasteiger partial charge in [0.2, 0.25) is 5.88 Å². The molecule has 0 unspecified atom stereocenters. The van der Waals surface area contributed by atoms with Gasteiger partial charge in [-0.3, -0.25) is 0 Å². The lowest BCUT2D eigenvalue weighted by atomic mass is 10.3. The third kappa shape index (κ3) is 3.15. The van der Waals surface area contributed by atoms with Crippen molar-refractivity contribution >= 4 is 7.14 Å². The Morgan fingerprint density at radius 2 is 2.15 bits per heavy atom. The molecule has 4 nitrogen and oxygen atoms in total. The smallest absolute Gasteiger partial charge is 0.224 e. The highest BCUT2D eigenvalue weighted by molar-refractivity contribution is 7.62. The molecule has 0 fully saturated rings. The third-order valence-electron chi connectivity index (χ3n) is 1.78. The van der Waals surface area contributed by atoms with Crippen molar-refractivity contribution in [3.8, 4) is 5.88 Å². The van der Waals surface area contributed by atoms with Crippen LogP contribution in [0.15, 0.2) is 12.3 Å². The molecule has 0 aliphatic heterocycles. The van der Waals surface area contributed by atoms with E-state index in [1.807, 2.05) is 0 Å². The summed E-state index contributed by atoms with van der Waals surface area (Å²) < 4.78 is 12.0. The predicted molar refractivity (Wildman–Crippen MR) is 51.3 cm³/mol. The van der Waals surface area contributed by atoms with Crippen LogP contribution in [0.5, 0.6) is 5.88 Å². The van der Waals surface area contributed by atoms with E-state index in [0.717, 1.165) is 5.56 Å². The van der Waals surface area contributed by atoms with Gasteiger partial charge in [-0.25, -0.2) is 0 Å². The molecule has 5 heteroatoms. The van der Waals surface area contributed by atoms with Crippen LogP contribution in [0.3, 0.4) is 0 Å². The maximum absolute atomic E-state index is 11.3. The van der Waals surface area contributed by atoms with Gasteiger partial charge in [-0.2, -0.15) is 4.73 Å². The van der Waals surface area contributed by atoms with Gasteiger partial charge in [-0.1, -0.05) is 0 Å². The van der Waals surface area contributed by atoms with Crippen molar-refractivity contribution in [1.82, 2.24) is 4.73 Å². The molecule has 0 aromatic carbocycles. The van der Waals surface area contributed by atoms with Crippen molar-refractivity contribution in [2.24, 2.45) is 0 Å². The van der Waals surface area contributed by atoms with Crippen LogP contribution in [-0.2, 0) is 11.0 Å². The average Bonchev–Trinajstić information content (AvgIpc) is 2.27. The zero-order chi connectivity index (χ0) is 10.1. The van der Waals surface area contributed by atoms with Crippen molar-refractivity contribution in [3.63, 3.8) is 0 Å². The molecule has 0 saturated heterocycles. The van der Waals surface area contributed by atoms with Gasteiger partial charge < -0.3 is 14.9 Å². The first-order chi connectivity index (χ1) is 5.88. The maximum atomic E-state index is 11.3. The second-order valence-electron chi connectivity index (χ2n) is 3.60. The summed E-state index contributed by atoms with van der Waals surface area (Å²) in [6, 6.07) is 1.47. The minimum atomic E-state index is -2.01. The molecule has 1 rings (SSSR count). The maximum Gasteiger partial charge on any atom is 0.224 e. The van der Waals surface area contributed by atoms with Crippen LogP contribution in [0.4, 0.5) is 0 Å². The summed E-state index contributed by atoms with van der Waals surface area (Å²) in [4.78, 5) is 0. The Morgan fingerprint density at radius 3 is 2.54 bits per heavy atom. The molecule has 0 amide bonds. The highest BCUT2D eigenvalue weighted by Crippen LogP contribution is 2.36. The van der Waals surface area contributed by atoms with Crippen molar-refractivity contribution in [1.29, 1.82) is 0 Å². The van der Waals surface area contributed by atoms with Crippen molar-refractivity contribution in [2.45, 2.75) is 6.42 Å². The first kappa shape index (κ1) is 10.2. The number of rotatable bonds is 3. The highest BCUT2D eigenvalue weighted by Gasteiger charge is 2.09. The van der Waals surface area contributed by atoms with Crippen LogP contribution >= 0.6 is 7.14 Å². The van der Waals surface area contributed by atoms with Gasteiger partial charge in [0, 0.05) is 12.2 Å². The minimum Gasteiger partial charge on any atom is -0.492 e. The lowest BCUT2D eigenvalue weighted by Crippen LogP contribution is -1.91. The van der Waals surface area contributed by atoms with E-state index in [1.165, 1.54) is 12.3 Å². The zero-order valence-electron chi connectivity index (χ0n) is 7.77. The molecule has 0 saturated carbocycles. The zero-order valence-corrected chi connectivity index (χ0v) is 8.66. The van der Waals surface area contributed by atoms with Crippen LogP contribution in [0.1, 0.15) is 5.56 Å². The summed E-state index contributed by atoms with van der Waals surface area (Å²) in [5.41, 5.74) is 0.795. The van der Waals surface area contributed by atoms with Gasteiger partial charge in [-0.05, 0) is 25.3 Å². The Balaban J connectivity index is 2.61. The second-order valence-corrected chi connectivity index (χ2v) is 7.19. The fourth-order valence-corrected chi connectivity index (χ4v) is 1.82. The van der Waals surface area contributed by atoms with Gasteiger partial charge in [0.05, 0.1) is 13.3 Å². The Bertz CT molecular complexity index is 320. The molecule has 1 heterocycles. The summed E-state index contributed by atoms with van der Waals surface area (Å²) in [5, 5.41) is 18.0. The molecule has 0 atom stereocenters. The summed E-state index contributed by atoms with van der Waals surface area (Å²) in [5.74, 6) is -0.183. The van der Waals surface area contributed by atoms with E-state index in [4.69, 9.17) is 10.3 Å². The number of hydrogen-bond donors (Lipinski definition) is 2. The Hall–Kier alpha value is -0.890. The molecule has 74 valence electrons. The van der Waals surface area contributed by atoms with E-state index in [2.05, 4.69) is 0 Å². The first-order valence-electron chi connectivity index (χ1n) is 4.02. The average molecular weight is 203 g/mol. The van der Waals surface area contributed by atoms with Gasteiger partial charge in [0.15, 0.2) is 0 Å². The molecule has 2 N–H and O–H groups in total. The van der Waals surface area contributed by atoms with Gasteiger partial charge in [0.25, 0.3) is 0 Å². The summed E-state index contributed by atoms with van der Waals surface area (Å²) in [7, 11) is -2.01. The molecule has 0 aliphatic rings. The lowest BCUT2D eigenvalue weighted by molar-refractivity contribution is 0.156. The fourth-order valence-electron chi connectivity index (χ4n) is 1.03. The van der Waals surface area contributed by atoms with Crippen molar-refractivity contribution in [2.75, 3.05) is 19.5 Å². The summed E-state index contributed by atoms with van der Waals surface area (Å²) in [6.45, 7) is 3.45. The van der Waals surface area contributed by atoms with Crippen LogP contribution in [0.25, 0.3) is 0 Å². The Labute approximate surface area is 77.1 Å². The molecule has 0 spiro atoms. The lowest BCUT2D eigenvalue weighted by Gasteiger charge is -2.03. The molecular weight excluding hydrogens is 189 g/mol. The molecular formula is C8H14NO3P. The van der Waals surface area contributed by atoms with E-state index in [1.54, 1.807) is 13.3 Å². The molecule has 0 aliphatic carbocycles. The van der Waals surface area contributed by atoms with E-state index in [9.17, 15) is 4.57 Å². The van der Waals surface area contributed by atoms with Crippen LogP contribution in [0, 0.1) is 0 Å². The van der Waals surface area contributed by atoms with Gasteiger partial charge in [0.1, 0.15) is 0 Å². The fraction of sp³-hybridized carbons (Fsp3) is 0.500. The SMILES string of the molecule is CP(C)(=O)CCc1cc(O)n(O)c1. The monoisotopic (exact) mass is 203 g/mol. The second kappa shape index (κ2) is 3.46. The van der Waals surface area contributed by atoms with Gasteiger partial charge >= 0.3 is 0 Å². The van der Waals surface area contributed by atoms with Crippen molar-refractivity contribution < 1.29 is 14.9 Å². The highest BCUT2D eigenvalue weighted by atomic mass is 31.2. The van der Waals surface area contributed by atoms with E-state index >= 15 is 0 Å². The summed E-state index contributed by atoms with van der Waals surface area (Å²) in [6.07, 6.45) is 2.63. The Kier molecular flexibility index (Phi) is 2.71. The minimum absolute atomic E-state index is 0.183. The number of hydrogen-bond acceptors (Lipinski definition) is 3. The van der Waals surface area contributed by atoms with Crippen molar-refractivity contribution in [3.05, 3.63) is 17.8 Å². The standard InChI is InChI=1S/C8H14NO3P/c1-13(2,12)4-3-7-5-8(10)9(11)6-7/h5-6,10-11H,3-4H2,1-2H3. The largest absolute Gasteiger partial charge is 0.492 e. The van der Waals surface area contributed by atoms with E-state index < -0.39 is 7.14 Å². The molecule has 0 radical (unpaired) electrons. The number of aromatic hydroxyl groups is 1. The van der Waals surface area contributed by atoms with Crippen LogP contribution in [-0.4, -0.2) is 34.5 Å². The molecule has 0 bridgehead atoms. The Morgan fingerprint density at radius 1 is 1.54 bits per heavy atom. The summed E-state index contributed by atoms with van der Waals surface area (Å²) >= 11 is 0. The molecule has 13 heavy (non-hydrogen) atoms.